The molecule has 0 saturated heterocycles. The average Bonchev–Trinajstić information content (AvgIpc) is 2.73. The van der Waals surface area contributed by atoms with E-state index in [2.05, 4.69) is 11.1 Å². The van der Waals surface area contributed by atoms with Gasteiger partial charge in [0.2, 0.25) is 5.75 Å². The number of pyridine rings is 1. The molecule has 2 aromatic carbocycles. The quantitative estimate of drug-likeness (QED) is 0.558. The van der Waals surface area contributed by atoms with Crippen molar-refractivity contribution in [3.63, 3.8) is 0 Å². The Labute approximate surface area is 184 Å². The van der Waals surface area contributed by atoms with Crippen LogP contribution in [0.4, 0.5) is 5.82 Å². The molecule has 0 spiro atoms. The number of rotatable bonds is 5. The van der Waals surface area contributed by atoms with E-state index < -0.39 is 0 Å². The van der Waals surface area contributed by atoms with Gasteiger partial charge in [0.15, 0.2) is 11.5 Å². The maximum atomic E-state index is 9.79. The molecule has 0 aliphatic carbocycles. The van der Waals surface area contributed by atoms with Crippen LogP contribution in [0.1, 0.15) is 11.1 Å². The molecule has 0 bridgehead atoms. The molecule has 0 aliphatic rings. The second-order valence-electron chi connectivity index (χ2n) is 6.37. The Bertz CT molecular complexity index is 1150. The Balaban J connectivity index is 2.38. The number of aromatic nitrogens is 1. The van der Waals surface area contributed by atoms with E-state index in [1.165, 1.54) is 21.3 Å². The Hall–Kier alpha value is -3.14. The number of halogens is 2. The molecule has 0 unspecified atom stereocenters. The van der Waals surface area contributed by atoms with Crippen LogP contribution >= 0.6 is 23.2 Å². The van der Waals surface area contributed by atoms with E-state index in [4.69, 9.17) is 43.1 Å². The molecule has 0 fully saturated rings. The zero-order valence-electron chi connectivity index (χ0n) is 16.8. The Morgan fingerprint density at radius 3 is 2.13 bits per heavy atom. The van der Waals surface area contributed by atoms with E-state index in [0.29, 0.717) is 49.7 Å². The summed E-state index contributed by atoms with van der Waals surface area (Å²) in [5.74, 6) is 1.45. The molecule has 1 heterocycles. The molecule has 8 heteroatoms. The third kappa shape index (κ3) is 3.70. The van der Waals surface area contributed by atoms with Gasteiger partial charge in [0.1, 0.15) is 17.5 Å². The zero-order chi connectivity index (χ0) is 22.0. The van der Waals surface area contributed by atoms with Gasteiger partial charge in [-0.3, -0.25) is 0 Å². The van der Waals surface area contributed by atoms with E-state index in [1.54, 1.807) is 30.3 Å². The van der Waals surface area contributed by atoms with Crippen LogP contribution in [-0.2, 0) is 0 Å². The molecule has 0 amide bonds. The fourth-order valence-electron chi connectivity index (χ4n) is 3.34. The molecule has 0 aliphatic heterocycles. The summed E-state index contributed by atoms with van der Waals surface area (Å²) < 4.78 is 16.3. The summed E-state index contributed by atoms with van der Waals surface area (Å²) in [4.78, 5) is 4.45. The van der Waals surface area contributed by atoms with Crippen molar-refractivity contribution in [2.24, 2.45) is 0 Å². The largest absolute Gasteiger partial charge is 0.493 e. The van der Waals surface area contributed by atoms with E-state index in [1.807, 2.05) is 6.92 Å². The van der Waals surface area contributed by atoms with Gasteiger partial charge in [-0.2, -0.15) is 5.26 Å². The molecule has 0 saturated carbocycles. The maximum absolute atomic E-state index is 9.79. The molecule has 30 heavy (non-hydrogen) atoms. The number of hydrogen-bond acceptors (Lipinski definition) is 6. The Morgan fingerprint density at radius 2 is 1.63 bits per heavy atom. The first-order chi connectivity index (χ1) is 14.4. The highest BCUT2D eigenvalue weighted by Gasteiger charge is 2.22. The summed E-state index contributed by atoms with van der Waals surface area (Å²) in [5.41, 5.74) is 9.61. The highest BCUT2D eigenvalue weighted by atomic mass is 35.5. The number of ether oxygens (including phenoxy) is 3. The summed E-state index contributed by atoms with van der Waals surface area (Å²) in [5, 5.41) is 10.7. The van der Waals surface area contributed by atoms with Crippen molar-refractivity contribution >= 4 is 29.0 Å². The van der Waals surface area contributed by atoms with Crippen molar-refractivity contribution in [3.8, 4) is 45.7 Å². The second kappa shape index (κ2) is 8.70. The monoisotopic (exact) mass is 443 g/mol. The highest BCUT2D eigenvalue weighted by Crippen LogP contribution is 2.45. The number of nitriles is 1. The van der Waals surface area contributed by atoms with Gasteiger partial charge >= 0.3 is 0 Å². The van der Waals surface area contributed by atoms with Crippen molar-refractivity contribution in [1.29, 1.82) is 5.26 Å². The predicted octanol–water partition coefficient (Wildman–Crippen LogP) is 5.51. The maximum Gasteiger partial charge on any atom is 0.203 e. The number of nitrogens with two attached hydrogens (primary N) is 1. The van der Waals surface area contributed by atoms with Crippen LogP contribution in [0.2, 0.25) is 10.0 Å². The minimum Gasteiger partial charge on any atom is -0.493 e. The standard InChI is InChI=1S/C22H19Cl2N3O3/c1-11-19(12-7-17(28-2)21(30-4)18(8-12)29-3)15(10-25)22(26)27-20(11)14-6-5-13(23)9-16(14)24/h5-9H,1-4H3,(H2,26,27). The zero-order valence-corrected chi connectivity index (χ0v) is 18.4. The van der Waals surface area contributed by atoms with Crippen molar-refractivity contribution in [3.05, 3.63) is 51.5 Å². The fraction of sp³-hybridized carbons (Fsp3) is 0.182. The van der Waals surface area contributed by atoms with Crippen molar-refractivity contribution < 1.29 is 14.2 Å². The van der Waals surface area contributed by atoms with Gasteiger partial charge in [0.05, 0.1) is 32.0 Å². The van der Waals surface area contributed by atoms with Gasteiger partial charge in [-0.25, -0.2) is 4.98 Å². The first kappa shape index (κ1) is 21.6. The van der Waals surface area contributed by atoms with E-state index in [9.17, 15) is 5.26 Å². The van der Waals surface area contributed by atoms with Crippen LogP contribution in [0.5, 0.6) is 17.2 Å². The number of hydrogen-bond donors (Lipinski definition) is 1. The third-order valence-electron chi connectivity index (χ3n) is 4.72. The summed E-state index contributed by atoms with van der Waals surface area (Å²) in [6.45, 7) is 1.85. The molecular formula is C22H19Cl2N3O3. The lowest BCUT2D eigenvalue weighted by atomic mass is 9.92. The fourth-order valence-corrected chi connectivity index (χ4v) is 3.84. The predicted molar refractivity (Wildman–Crippen MR) is 119 cm³/mol. The van der Waals surface area contributed by atoms with Crippen LogP contribution in [0, 0.1) is 18.3 Å². The van der Waals surface area contributed by atoms with Gasteiger partial charge in [0, 0.05) is 16.1 Å². The summed E-state index contributed by atoms with van der Waals surface area (Å²) in [6.07, 6.45) is 0. The van der Waals surface area contributed by atoms with Crippen LogP contribution in [0.3, 0.4) is 0 Å². The molecular weight excluding hydrogens is 425 g/mol. The van der Waals surface area contributed by atoms with Crippen molar-refractivity contribution in [2.45, 2.75) is 6.92 Å². The topological polar surface area (TPSA) is 90.4 Å². The minimum atomic E-state index is 0.0906. The summed E-state index contributed by atoms with van der Waals surface area (Å²) >= 11 is 12.4. The number of nitrogens with zero attached hydrogens (tertiary/aromatic N) is 2. The molecule has 0 atom stereocenters. The molecule has 3 rings (SSSR count). The first-order valence-electron chi connectivity index (χ1n) is 8.82. The van der Waals surface area contributed by atoms with Crippen LogP contribution in [0.15, 0.2) is 30.3 Å². The van der Waals surface area contributed by atoms with Gasteiger partial charge in [-0.05, 0) is 48.4 Å². The first-order valence-corrected chi connectivity index (χ1v) is 9.57. The molecule has 3 aromatic rings. The molecule has 6 nitrogen and oxygen atoms in total. The Morgan fingerprint density at radius 1 is 1.00 bits per heavy atom. The molecule has 1 aromatic heterocycles. The van der Waals surface area contributed by atoms with Gasteiger partial charge in [-0.1, -0.05) is 23.2 Å². The second-order valence-corrected chi connectivity index (χ2v) is 7.21. The van der Waals surface area contributed by atoms with Crippen LogP contribution in [0.25, 0.3) is 22.4 Å². The van der Waals surface area contributed by atoms with Gasteiger partial charge < -0.3 is 19.9 Å². The molecule has 2 N–H and O–H groups in total. The lowest BCUT2D eigenvalue weighted by Crippen LogP contribution is -2.04. The minimum absolute atomic E-state index is 0.0906. The molecule has 0 radical (unpaired) electrons. The number of methoxy groups -OCH3 is 3. The highest BCUT2D eigenvalue weighted by molar-refractivity contribution is 6.36. The number of anilines is 1. The third-order valence-corrected chi connectivity index (χ3v) is 5.27. The normalized spacial score (nSPS) is 10.4. The van der Waals surface area contributed by atoms with E-state index in [0.717, 1.165) is 5.56 Å². The van der Waals surface area contributed by atoms with Crippen molar-refractivity contribution in [2.75, 3.05) is 27.1 Å². The SMILES string of the molecule is COc1cc(-c2c(C)c(-c3ccc(Cl)cc3Cl)nc(N)c2C#N)cc(OC)c1OC. The van der Waals surface area contributed by atoms with Crippen molar-refractivity contribution in [1.82, 2.24) is 4.98 Å². The van der Waals surface area contributed by atoms with Gasteiger partial charge in [-0.15, -0.1) is 0 Å². The van der Waals surface area contributed by atoms with E-state index in [-0.39, 0.29) is 11.4 Å². The van der Waals surface area contributed by atoms with Gasteiger partial charge in [0.25, 0.3) is 0 Å². The summed E-state index contributed by atoms with van der Waals surface area (Å²) in [6, 6.07) is 10.8. The molecule has 154 valence electrons. The number of nitrogen functional groups attached to an aromatic ring is 1. The smallest absolute Gasteiger partial charge is 0.203 e. The lowest BCUT2D eigenvalue weighted by molar-refractivity contribution is 0.324. The summed E-state index contributed by atoms with van der Waals surface area (Å²) in [7, 11) is 4.58. The average molecular weight is 444 g/mol. The lowest BCUT2D eigenvalue weighted by Gasteiger charge is -2.18. The van der Waals surface area contributed by atoms with Crippen LogP contribution in [-0.4, -0.2) is 26.3 Å². The van der Waals surface area contributed by atoms with E-state index >= 15 is 0 Å². The Kier molecular flexibility index (Phi) is 6.25. The number of benzene rings is 2. The van der Waals surface area contributed by atoms with Crippen LogP contribution < -0.4 is 19.9 Å².